The average molecular weight is 268 g/mol. The number of methoxy groups -OCH3 is 1. The van der Waals surface area contributed by atoms with Gasteiger partial charge in [-0.2, -0.15) is 0 Å². The van der Waals surface area contributed by atoms with Gasteiger partial charge in [-0.15, -0.1) is 0 Å². The number of morpholine rings is 1. The maximum absolute atomic E-state index is 13.4. The molecule has 19 heavy (non-hydrogen) atoms. The molecule has 0 spiro atoms. The summed E-state index contributed by atoms with van der Waals surface area (Å²) in [6.07, 6.45) is 0.830. The van der Waals surface area contributed by atoms with E-state index in [0.717, 1.165) is 25.1 Å². The van der Waals surface area contributed by atoms with Gasteiger partial charge in [0.1, 0.15) is 11.6 Å². The normalized spacial score (nSPS) is 21.1. The lowest BCUT2D eigenvalue weighted by Crippen LogP contribution is -2.43. The molecule has 1 aromatic carbocycles. The molecule has 0 aliphatic carbocycles. The first-order chi connectivity index (χ1) is 9.24. The first-order valence-electron chi connectivity index (χ1n) is 6.56. The van der Waals surface area contributed by atoms with Crippen molar-refractivity contribution >= 4 is 0 Å². The molecule has 0 saturated carbocycles. The second kappa shape index (κ2) is 6.84. The van der Waals surface area contributed by atoms with E-state index in [1.54, 1.807) is 13.2 Å². The molecule has 1 aliphatic heterocycles. The molecule has 2 unspecified atom stereocenters. The van der Waals surface area contributed by atoms with Crippen molar-refractivity contribution in [2.24, 2.45) is 0 Å². The summed E-state index contributed by atoms with van der Waals surface area (Å²) >= 11 is 0. The van der Waals surface area contributed by atoms with Crippen LogP contribution in [0.3, 0.4) is 0 Å². The highest BCUT2D eigenvalue weighted by Crippen LogP contribution is 2.29. The van der Waals surface area contributed by atoms with Gasteiger partial charge in [0.15, 0.2) is 0 Å². The highest BCUT2D eigenvalue weighted by atomic mass is 19.1. The first-order valence-corrected chi connectivity index (χ1v) is 6.56. The van der Waals surface area contributed by atoms with Crippen LogP contribution < -0.4 is 15.4 Å². The molecule has 5 heteroatoms. The summed E-state index contributed by atoms with van der Waals surface area (Å²) in [6, 6.07) is 4.92. The maximum atomic E-state index is 13.4. The number of hydrogen-bond acceptors (Lipinski definition) is 4. The molecule has 0 aromatic heterocycles. The lowest BCUT2D eigenvalue weighted by atomic mass is 9.98. The van der Waals surface area contributed by atoms with Crippen LogP contribution >= 0.6 is 0 Å². The van der Waals surface area contributed by atoms with Crippen molar-refractivity contribution in [2.75, 3.05) is 33.9 Å². The van der Waals surface area contributed by atoms with Gasteiger partial charge in [-0.3, -0.25) is 0 Å². The van der Waals surface area contributed by atoms with E-state index < -0.39 is 0 Å². The Morgan fingerprint density at radius 3 is 3.05 bits per heavy atom. The third-order valence-electron chi connectivity index (χ3n) is 3.43. The van der Waals surface area contributed by atoms with E-state index in [-0.39, 0.29) is 17.9 Å². The maximum Gasteiger partial charge on any atom is 0.123 e. The van der Waals surface area contributed by atoms with Crippen LogP contribution in [0.15, 0.2) is 18.2 Å². The second-order valence-electron chi connectivity index (χ2n) is 4.69. The summed E-state index contributed by atoms with van der Waals surface area (Å²) < 4.78 is 24.2. The van der Waals surface area contributed by atoms with Crippen molar-refractivity contribution in [3.63, 3.8) is 0 Å². The molecule has 4 nitrogen and oxygen atoms in total. The molecule has 2 rings (SSSR count). The fourth-order valence-electron chi connectivity index (χ4n) is 2.43. The van der Waals surface area contributed by atoms with Crippen LogP contribution in [-0.2, 0) is 4.74 Å². The molecular weight excluding hydrogens is 247 g/mol. The van der Waals surface area contributed by atoms with Gasteiger partial charge in [0, 0.05) is 24.2 Å². The van der Waals surface area contributed by atoms with E-state index in [2.05, 4.69) is 10.6 Å². The first kappa shape index (κ1) is 14.2. The monoisotopic (exact) mass is 268 g/mol. The minimum Gasteiger partial charge on any atom is -0.496 e. The van der Waals surface area contributed by atoms with Crippen molar-refractivity contribution in [3.8, 4) is 5.75 Å². The van der Waals surface area contributed by atoms with Gasteiger partial charge in [0.05, 0.1) is 20.3 Å². The van der Waals surface area contributed by atoms with E-state index in [9.17, 15) is 4.39 Å². The van der Waals surface area contributed by atoms with Crippen LogP contribution in [0.5, 0.6) is 5.75 Å². The van der Waals surface area contributed by atoms with Crippen LogP contribution in [0, 0.1) is 5.82 Å². The fourth-order valence-corrected chi connectivity index (χ4v) is 2.43. The molecule has 1 aromatic rings. The Kier molecular flexibility index (Phi) is 5.13. The fraction of sp³-hybridized carbons (Fsp3) is 0.571. The molecule has 1 aliphatic rings. The van der Waals surface area contributed by atoms with Crippen molar-refractivity contribution in [1.82, 2.24) is 10.6 Å². The zero-order valence-electron chi connectivity index (χ0n) is 11.4. The minimum absolute atomic E-state index is 0.0323. The molecular formula is C14H21FN2O2. The SMILES string of the molecule is CNC(CC1COCCN1)c1cc(F)ccc1OC. The van der Waals surface area contributed by atoms with Crippen LogP contribution in [0.1, 0.15) is 18.0 Å². The zero-order chi connectivity index (χ0) is 13.7. The van der Waals surface area contributed by atoms with Crippen LogP contribution in [0.25, 0.3) is 0 Å². The Morgan fingerprint density at radius 2 is 2.42 bits per heavy atom. The summed E-state index contributed by atoms with van der Waals surface area (Å²) in [5.41, 5.74) is 0.845. The van der Waals surface area contributed by atoms with Gasteiger partial charge in [0.2, 0.25) is 0 Å². The van der Waals surface area contributed by atoms with Crippen molar-refractivity contribution in [1.29, 1.82) is 0 Å². The molecule has 1 heterocycles. The average Bonchev–Trinajstić information content (AvgIpc) is 2.46. The summed E-state index contributed by atoms with van der Waals surface area (Å²) in [4.78, 5) is 0. The van der Waals surface area contributed by atoms with Gasteiger partial charge in [-0.25, -0.2) is 4.39 Å². The van der Waals surface area contributed by atoms with E-state index >= 15 is 0 Å². The number of rotatable bonds is 5. The number of halogens is 1. The number of nitrogens with one attached hydrogen (secondary N) is 2. The summed E-state index contributed by atoms with van der Waals surface area (Å²) in [5.74, 6) is 0.460. The number of benzene rings is 1. The van der Waals surface area contributed by atoms with E-state index in [1.165, 1.54) is 12.1 Å². The van der Waals surface area contributed by atoms with Gasteiger partial charge < -0.3 is 20.1 Å². The third kappa shape index (κ3) is 3.65. The predicted molar refractivity (Wildman–Crippen MR) is 72.0 cm³/mol. The molecule has 1 fully saturated rings. The Balaban J connectivity index is 2.13. The van der Waals surface area contributed by atoms with Gasteiger partial charge in [0.25, 0.3) is 0 Å². The van der Waals surface area contributed by atoms with E-state index in [0.29, 0.717) is 12.4 Å². The zero-order valence-corrected chi connectivity index (χ0v) is 11.4. The molecule has 0 amide bonds. The summed E-state index contributed by atoms with van der Waals surface area (Å²) in [7, 11) is 3.48. The highest BCUT2D eigenvalue weighted by Gasteiger charge is 2.21. The van der Waals surface area contributed by atoms with Crippen molar-refractivity contribution in [2.45, 2.75) is 18.5 Å². The summed E-state index contributed by atoms with van der Waals surface area (Å²) in [5, 5.41) is 6.63. The predicted octanol–water partition coefficient (Wildman–Crippen LogP) is 1.47. The highest BCUT2D eigenvalue weighted by molar-refractivity contribution is 5.36. The molecule has 0 radical (unpaired) electrons. The number of hydrogen-bond donors (Lipinski definition) is 2. The standard InChI is InChI=1S/C14H21FN2O2/c1-16-13(8-11-9-19-6-5-17-11)12-7-10(15)3-4-14(12)18-2/h3-4,7,11,13,16-17H,5-6,8-9H2,1-2H3. The Hall–Kier alpha value is -1.17. The van der Waals surface area contributed by atoms with Crippen molar-refractivity contribution < 1.29 is 13.9 Å². The lowest BCUT2D eigenvalue weighted by molar-refractivity contribution is 0.0707. The molecule has 106 valence electrons. The molecule has 2 N–H and O–H groups in total. The lowest BCUT2D eigenvalue weighted by Gasteiger charge is -2.28. The smallest absolute Gasteiger partial charge is 0.123 e. The quantitative estimate of drug-likeness (QED) is 0.849. The van der Waals surface area contributed by atoms with E-state index in [4.69, 9.17) is 9.47 Å². The number of ether oxygens (including phenoxy) is 2. The Bertz CT molecular complexity index is 408. The largest absolute Gasteiger partial charge is 0.496 e. The topological polar surface area (TPSA) is 42.5 Å². The van der Waals surface area contributed by atoms with Gasteiger partial charge >= 0.3 is 0 Å². The third-order valence-corrected chi connectivity index (χ3v) is 3.43. The van der Waals surface area contributed by atoms with E-state index in [1.807, 2.05) is 7.05 Å². The van der Waals surface area contributed by atoms with Gasteiger partial charge in [-0.1, -0.05) is 0 Å². The Labute approximate surface area is 113 Å². The molecule has 2 atom stereocenters. The van der Waals surface area contributed by atoms with Crippen LogP contribution in [0.2, 0.25) is 0 Å². The van der Waals surface area contributed by atoms with Crippen LogP contribution in [-0.4, -0.2) is 40.0 Å². The van der Waals surface area contributed by atoms with Crippen molar-refractivity contribution in [3.05, 3.63) is 29.6 Å². The second-order valence-corrected chi connectivity index (χ2v) is 4.69. The minimum atomic E-state index is -0.246. The van der Waals surface area contributed by atoms with Crippen LogP contribution in [0.4, 0.5) is 4.39 Å². The molecule has 0 bridgehead atoms. The van der Waals surface area contributed by atoms with Gasteiger partial charge in [-0.05, 0) is 31.7 Å². The Morgan fingerprint density at radius 1 is 1.58 bits per heavy atom. The molecule has 1 saturated heterocycles. The summed E-state index contributed by atoms with van der Waals surface area (Å²) in [6.45, 7) is 2.31.